The summed E-state index contributed by atoms with van der Waals surface area (Å²) >= 11 is 1.59. The van der Waals surface area contributed by atoms with Gasteiger partial charge in [0.1, 0.15) is 6.10 Å². The zero-order valence-electron chi connectivity index (χ0n) is 7.65. The molecule has 1 heterocycles. The molecule has 72 valence electrons. The van der Waals surface area contributed by atoms with Gasteiger partial charge >= 0.3 is 0 Å². The Morgan fingerprint density at radius 3 is 2.77 bits per heavy atom. The van der Waals surface area contributed by atoms with Gasteiger partial charge in [-0.3, -0.25) is 4.79 Å². The number of carbonyl (C=O) groups excluding carboxylic acids is 1. The Hall–Kier alpha value is -0.870. The molecule has 0 aromatic carbocycles. The third-order valence-corrected chi connectivity index (χ3v) is 2.48. The van der Waals surface area contributed by atoms with Crippen LogP contribution in [-0.2, 0) is 4.79 Å². The van der Waals surface area contributed by atoms with E-state index in [1.807, 2.05) is 23.8 Å². The van der Waals surface area contributed by atoms with Crippen LogP contribution in [-0.4, -0.2) is 17.1 Å². The molecule has 0 saturated carbocycles. The highest BCUT2D eigenvalue weighted by atomic mass is 32.1. The zero-order chi connectivity index (χ0) is 9.84. The molecule has 1 amide bonds. The Morgan fingerprint density at radius 2 is 2.31 bits per heavy atom. The lowest BCUT2D eigenvalue weighted by Crippen LogP contribution is -2.34. The van der Waals surface area contributed by atoms with Crippen LogP contribution in [0.5, 0.6) is 0 Å². The van der Waals surface area contributed by atoms with Gasteiger partial charge in [0.25, 0.3) is 0 Å². The molecule has 3 nitrogen and oxygen atoms in total. The number of amides is 1. The molecule has 13 heavy (non-hydrogen) atoms. The van der Waals surface area contributed by atoms with Crippen molar-refractivity contribution in [2.45, 2.75) is 26.0 Å². The molecule has 0 radical (unpaired) electrons. The highest BCUT2D eigenvalue weighted by molar-refractivity contribution is 7.07. The molecule has 0 spiro atoms. The van der Waals surface area contributed by atoms with Gasteiger partial charge in [0.05, 0.1) is 6.04 Å². The highest BCUT2D eigenvalue weighted by Crippen LogP contribution is 2.15. The second kappa shape index (κ2) is 4.39. The number of hydrogen-bond donors (Lipinski definition) is 2. The second-order valence-electron chi connectivity index (χ2n) is 2.96. The van der Waals surface area contributed by atoms with Crippen LogP contribution in [0, 0.1) is 0 Å². The second-order valence-corrected chi connectivity index (χ2v) is 3.74. The lowest BCUT2D eigenvalue weighted by molar-refractivity contribution is -0.129. The van der Waals surface area contributed by atoms with Crippen LogP contribution in [0.15, 0.2) is 16.8 Å². The lowest BCUT2D eigenvalue weighted by Gasteiger charge is -2.13. The van der Waals surface area contributed by atoms with Crippen LogP contribution >= 0.6 is 11.3 Å². The van der Waals surface area contributed by atoms with Gasteiger partial charge in [0.2, 0.25) is 5.91 Å². The van der Waals surface area contributed by atoms with Crippen molar-refractivity contribution < 1.29 is 9.90 Å². The molecule has 0 fully saturated rings. The van der Waals surface area contributed by atoms with E-state index in [0.717, 1.165) is 5.56 Å². The number of aliphatic hydroxyl groups is 1. The van der Waals surface area contributed by atoms with Crippen LogP contribution in [0.4, 0.5) is 0 Å². The fourth-order valence-corrected chi connectivity index (χ4v) is 1.69. The lowest BCUT2D eigenvalue weighted by atomic mass is 10.2. The minimum absolute atomic E-state index is 0.0339. The number of nitrogens with one attached hydrogen (secondary N) is 1. The Kier molecular flexibility index (Phi) is 3.45. The average molecular weight is 199 g/mol. The maximum absolute atomic E-state index is 11.1. The Bertz CT molecular complexity index is 269. The fourth-order valence-electron chi connectivity index (χ4n) is 0.939. The largest absolute Gasteiger partial charge is 0.384 e. The van der Waals surface area contributed by atoms with Crippen molar-refractivity contribution in [1.29, 1.82) is 0 Å². The Balaban J connectivity index is 2.51. The summed E-state index contributed by atoms with van der Waals surface area (Å²) in [5.41, 5.74) is 1.07. The minimum Gasteiger partial charge on any atom is -0.384 e. The minimum atomic E-state index is -0.943. The Labute approximate surface area is 81.4 Å². The van der Waals surface area contributed by atoms with Crippen LogP contribution in [0.1, 0.15) is 25.5 Å². The van der Waals surface area contributed by atoms with E-state index in [4.69, 9.17) is 5.11 Å². The third-order valence-electron chi connectivity index (χ3n) is 1.78. The van der Waals surface area contributed by atoms with Gasteiger partial charge in [-0.05, 0) is 36.2 Å². The number of aliphatic hydroxyl groups excluding tert-OH is 1. The molecule has 1 aromatic rings. The summed E-state index contributed by atoms with van der Waals surface area (Å²) < 4.78 is 0. The van der Waals surface area contributed by atoms with Crippen LogP contribution in [0.25, 0.3) is 0 Å². The summed E-state index contributed by atoms with van der Waals surface area (Å²) in [6.07, 6.45) is -0.943. The number of hydrogen-bond acceptors (Lipinski definition) is 3. The van der Waals surface area contributed by atoms with E-state index < -0.39 is 6.10 Å². The van der Waals surface area contributed by atoms with Crippen LogP contribution in [0.3, 0.4) is 0 Å². The molecule has 1 aromatic heterocycles. The van der Waals surface area contributed by atoms with Crippen molar-refractivity contribution in [2.75, 3.05) is 0 Å². The predicted octanol–water partition coefficient (Wildman–Crippen LogP) is 1.31. The van der Waals surface area contributed by atoms with Gasteiger partial charge in [-0.15, -0.1) is 0 Å². The molecule has 0 bridgehead atoms. The van der Waals surface area contributed by atoms with Crippen LogP contribution < -0.4 is 5.32 Å². The summed E-state index contributed by atoms with van der Waals surface area (Å²) in [4.78, 5) is 11.1. The van der Waals surface area contributed by atoms with Gasteiger partial charge < -0.3 is 10.4 Å². The molecule has 0 aliphatic rings. The standard InChI is InChI=1S/C9H13NO2S/c1-6(8-3-4-13-5-8)10-9(12)7(2)11/h3-7,11H,1-2H3,(H,10,12)/t6?,7-/m1/s1. The van der Waals surface area contributed by atoms with E-state index in [1.165, 1.54) is 6.92 Å². The first-order valence-corrected chi connectivity index (χ1v) is 5.06. The van der Waals surface area contributed by atoms with Crippen molar-refractivity contribution in [2.24, 2.45) is 0 Å². The number of rotatable bonds is 3. The molecule has 2 N–H and O–H groups in total. The number of thiophene rings is 1. The summed E-state index contributed by atoms with van der Waals surface area (Å²) in [5.74, 6) is -0.335. The average Bonchev–Trinajstić information content (AvgIpc) is 2.55. The Morgan fingerprint density at radius 1 is 1.62 bits per heavy atom. The maximum atomic E-state index is 11.1. The van der Waals surface area contributed by atoms with Gasteiger partial charge in [-0.25, -0.2) is 0 Å². The van der Waals surface area contributed by atoms with Gasteiger partial charge in [-0.2, -0.15) is 11.3 Å². The normalized spacial score (nSPS) is 15.0. The summed E-state index contributed by atoms with van der Waals surface area (Å²) in [6.45, 7) is 3.35. The molecule has 0 aliphatic carbocycles. The first-order chi connectivity index (χ1) is 6.11. The van der Waals surface area contributed by atoms with Crippen molar-refractivity contribution in [3.63, 3.8) is 0 Å². The van der Waals surface area contributed by atoms with Gasteiger partial charge in [0.15, 0.2) is 0 Å². The molecule has 1 unspecified atom stereocenters. The topological polar surface area (TPSA) is 49.3 Å². The van der Waals surface area contributed by atoms with E-state index in [-0.39, 0.29) is 11.9 Å². The fraction of sp³-hybridized carbons (Fsp3) is 0.444. The molecule has 0 saturated heterocycles. The van der Waals surface area contributed by atoms with E-state index in [9.17, 15) is 4.79 Å². The zero-order valence-corrected chi connectivity index (χ0v) is 8.47. The summed E-state index contributed by atoms with van der Waals surface area (Å²) in [6, 6.07) is 1.92. The molecule has 2 atom stereocenters. The van der Waals surface area contributed by atoms with Crippen molar-refractivity contribution in [3.8, 4) is 0 Å². The molecular formula is C9H13NO2S. The monoisotopic (exact) mass is 199 g/mol. The van der Waals surface area contributed by atoms with Gasteiger partial charge in [0, 0.05) is 0 Å². The van der Waals surface area contributed by atoms with Crippen molar-refractivity contribution >= 4 is 17.2 Å². The molecule has 1 rings (SSSR count). The molecular weight excluding hydrogens is 186 g/mol. The highest BCUT2D eigenvalue weighted by Gasteiger charge is 2.13. The van der Waals surface area contributed by atoms with E-state index in [1.54, 1.807) is 11.3 Å². The van der Waals surface area contributed by atoms with E-state index >= 15 is 0 Å². The maximum Gasteiger partial charge on any atom is 0.249 e. The predicted molar refractivity (Wildman–Crippen MR) is 52.6 cm³/mol. The third kappa shape index (κ3) is 2.82. The summed E-state index contributed by atoms with van der Waals surface area (Å²) in [5, 5.41) is 15.6. The quantitative estimate of drug-likeness (QED) is 0.771. The van der Waals surface area contributed by atoms with Crippen LogP contribution in [0.2, 0.25) is 0 Å². The molecule has 0 aliphatic heterocycles. The van der Waals surface area contributed by atoms with E-state index in [2.05, 4.69) is 5.32 Å². The first kappa shape index (κ1) is 10.2. The first-order valence-electron chi connectivity index (χ1n) is 4.12. The van der Waals surface area contributed by atoms with Gasteiger partial charge in [-0.1, -0.05) is 0 Å². The van der Waals surface area contributed by atoms with Crippen molar-refractivity contribution in [1.82, 2.24) is 5.32 Å². The van der Waals surface area contributed by atoms with Crippen molar-refractivity contribution in [3.05, 3.63) is 22.4 Å². The molecule has 4 heteroatoms. The smallest absolute Gasteiger partial charge is 0.249 e. The van der Waals surface area contributed by atoms with E-state index in [0.29, 0.717) is 0 Å². The number of carbonyl (C=O) groups is 1. The SMILES string of the molecule is CC(NC(=O)[C@@H](C)O)c1ccsc1. The summed E-state index contributed by atoms with van der Waals surface area (Å²) in [7, 11) is 0.